The van der Waals surface area contributed by atoms with Crippen LogP contribution in [0.5, 0.6) is 0 Å². The third kappa shape index (κ3) is 7.38. The van der Waals surface area contributed by atoms with Crippen LogP contribution in [-0.4, -0.2) is 64.3 Å². The number of rotatable bonds is 7. The van der Waals surface area contributed by atoms with Crippen LogP contribution in [0.2, 0.25) is 0 Å². The van der Waals surface area contributed by atoms with Gasteiger partial charge in [-0.25, -0.2) is 0 Å². The molecule has 0 aromatic carbocycles. The van der Waals surface area contributed by atoms with E-state index in [1.807, 2.05) is 7.05 Å². The van der Waals surface area contributed by atoms with Gasteiger partial charge in [0.15, 0.2) is 5.96 Å². The molecule has 5 heteroatoms. The Morgan fingerprint density at radius 3 is 2.58 bits per heavy atom. The maximum absolute atomic E-state index is 5.02. The number of ether oxygens (including phenoxy) is 1. The van der Waals surface area contributed by atoms with Crippen molar-refractivity contribution in [2.45, 2.75) is 26.2 Å². The predicted octanol–water partition coefficient (Wildman–Crippen LogP) is 0.920. The maximum atomic E-state index is 5.02. The Morgan fingerprint density at radius 2 is 1.95 bits per heavy atom. The van der Waals surface area contributed by atoms with E-state index < -0.39 is 0 Å². The molecule has 0 aromatic heterocycles. The van der Waals surface area contributed by atoms with Crippen molar-refractivity contribution >= 4 is 5.96 Å². The van der Waals surface area contributed by atoms with E-state index in [9.17, 15) is 0 Å². The molecule has 1 saturated heterocycles. The number of aliphatic imine (C=N–C) groups is 1. The van der Waals surface area contributed by atoms with Crippen molar-refractivity contribution in [3.63, 3.8) is 0 Å². The Bertz CT molecular complexity index is 250. The van der Waals surface area contributed by atoms with E-state index in [4.69, 9.17) is 4.74 Å². The molecule has 0 bridgehead atoms. The summed E-state index contributed by atoms with van der Waals surface area (Å²) in [5.41, 5.74) is 0. The number of methoxy groups -OCH3 is 1. The fourth-order valence-electron chi connectivity index (χ4n) is 2.26. The SMILES string of the molecule is CN=C(NCCCOC)NCCN1CCC(C)CC1. The van der Waals surface area contributed by atoms with Gasteiger partial charge in [-0.2, -0.15) is 0 Å². The first kappa shape index (κ1) is 16.2. The zero-order chi connectivity index (χ0) is 13.9. The van der Waals surface area contributed by atoms with Crippen LogP contribution in [0, 0.1) is 5.92 Å². The van der Waals surface area contributed by atoms with Crippen LogP contribution in [-0.2, 0) is 4.74 Å². The van der Waals surface area contributed by atoms with Crippen LogP contribution in [0.4, 0.5) is 0 Å². The number of hydrogen-bond acceptors (Lipinski definition) is 3. The molecule has 0 spiro atoms. The normalized spacial score (nSPS) is 18.6. The van der Waals surface area contributed by atoms with Crippen LogP contribution in [0.3, 0.4) is 0 Å². The second kappa shape index (κ2) is 10.0. The number of nitrogens with zero attached hydrogens (tertiary/aromatic N) is 2. The lowest BCUT2D eigenvalue weighted by Gasteiger charge is -2.30. The molecule has 1 aliphatic rings. The first-order valence-electron chi connectivity index (χ1n) is 7.42. The molecule has 0 atom stereocenters. The zero-order valence-corrected chi connectivity index (χ0v) is 12.7. The molecule has 2 N–H and O–H groups in total. The Balaban J connectivity index is 2.06. The van der Waals surface area contributed by atoms with Crippen molar-refractivity contribution in [2.75, 3.05) is 53.5 Å². The van der Waals surface area contributed by atoms with Gasteiger partial charge < -0.3 is 20.3 Å². The van der Waals surface area contributed by atoms with E-state index in [1.54, 1.807) is 7.11 Å². The smallest absolute Gasteiger partial charge is 0.191 e. The highest BCUT2D eigenvalue weighted by Gasteiger charge is 2.14. The second-order valence-corrected chi connectivity index (χ2v) is 5.30. The minimum atomic E-state index is 0.788. The van der Waals surface area contributed by atoms with Gasteiger partial charge in [-0.3, -0.25) is 4.99 Å². The van der Waals surface area contributed by atoms with Gasteiger partial charge >= 0.3 is 0 Å². The largest absolute Gasteiger partial charge is 0.385 e. The van der Waals surface area contributed by atoms with Crippen LogP contribution in [0.1, 0.15) is 26.2 Å². The van der Waals surface area contributed by atoms with Crippen LogP contribution in [0.15, 0.2) is 4.99 Å². The standard InChI is InChI=1S/C14H30N4O/c1-13-5-9-18(10-6-13)11-8-17-14(15-2)16-7-4-12-19-3/h13H,4-12H2,1-3H3,(H2,15,16,17). The molecule has 0 aromatic rings. The van der Waals surface area contributed by atoms with Crippen molar-refractivity contribution in [2.24, 2.45) is 10.9 Å². The molecular formula is C14H30N4O. The lowest BCUT2D eigenvalue weighted by molar-refractivity contribution is 0.194. The highest BCUT2D eigenvalue weighted by atomic mass is 16.5. The molecular weight excluding hydrogens is 240 g/mol. The average molecular weight is 270 g/mol. The Labute approximate surface area is 117 Å². The summed E-state index contributed by atoms with van der Waals surface area (Å²) in [7, 11) is 3.54. The van der Waals surface area contributed by atoms with Crippen molar-refractivity contribution in [1.29, 1.82) is 0 Å². The molecule has 0 amide bonds. The molecule has 1 fully saturated rings. The zero-order valence-electron chi connectivity index (χ0n) is 12.7. The summed E-state index contributed by atoms with van der Waals surface area (Å²) in [6.07, 6.45) is 3.68. The minimum Gasteiger partial charge on any atom is -0.385 e. The van der Waals surface area contributed by atoms with Crippen molar-refractivity contribution in [1.82, 2.24) is 15.5 Å². The maximum Gasteiger partial charge on any atom is 0.191 e. The fourth-order valence-corrected chi connectivity index (χ4v) is 2.26. The summed E-state index contributed by atoms with van der Waals surface area (Å²) in [4.78, 5) is 6.75. The van der Waals surface area contributed by atoms with Gasteiger partial charge in [-0.15, -0.1) is 0 Å². The number of piperidine rings is 1. The number of nitrogens with one attached hydrogen (secondary N) is 2. The number of hydrogen-bond donors (Lipinski definition) is 2. The molecule has 1 heterocycles. The molecule has 19 heavy (non-hydrogen) atoms. The summed E-state index contributed by atoms with van der Waals surface area (Å²) in [5.74, 6) is 1.79. The van der Waals surface area contributed by atoms with Gasteiger partial charge in [0.2, 0.25) is 0 Å². The Hall–Kier alpha value is -0.810. The van der Waals surface area contributed by atoms with Gasteiger partial charge in [-0.1, -0.05) is 6.92 Å². The molecule has 1 aliphatic heterocycles. The van der Waals surface area contributed by atoms with Crippen LogP contribution in [0.25, 0.3) is 0 Å². The summed E-state index contributed by atoms with van der Waals surface area (Å²) in [6.45, 7) is 8.57. The Morgan fingerprint density at radius 1 is 1.26 bits per heavy atom. The molecule has 0 radical (unpaired) electrons. The molecule has 0 aliphatic carbocycles. The van der Waals surface area contributed by atoms with E-state index >= 15 is 0 Å². The summed E-state index contributed by atoms with van der Waals surface area (Å²) < 4.78 is 5.02. The third-order valence-corrected chi connectivity index (χ3v) is 3.64. The van der Waals surface area contributed by atoms with Crippen LogP contribution < -0.4 is 10.6 Å². The molecule has 0 saturated carbocycles. The summed E-state index contributed by atoms with van der Waals surface area (Å²) >= 11 is 0. The van der Waals surface area contributed by atoms with E-state index in [1.165, 1.54) is 25.9 Å². The molecule has 5 nitrogen and oxygen atoms in total. The third-order valence-electron chi connectivity index (χ3n) is 3.64. The first-order chi connectivity index (χ1) is 9.26. The van der Waals surface area contributed by atoms with E-state index in [2.05, 4.69) is 27.4 Å². The molecule has 0 unspecified atom stereocenters. The topological polar surface area (TPSA) is 48.9 Å². The fraction of sp³-hybridized carbons (Fsp3) is 0.929. The highest BCUT2D eigenvalue weighted by Crippen LogP contribution is 2.14. The Kier molecular flexibility index (Phi) is 8.58. The quantitative estimate of drug-likeness (QED) is 0.410. The van der Waals surface area contributed by atoms with Crippen LogP contribution >= 0.6 is 0 Å². The first-order valence-corrected chi connectivity index (χ1v) is 7.42. The number of likely N-dealkylation sites (tertiary alicyclic amines) is 1. The van der Waals surface area contributed by atoms with Gasteiger partial charge in [0, 0.05) is 40.4 Å². The average Bonchev–Trinajstić information content (AvgIpc) is 2.43. The lowest BCUT2D eigenvalue weighted by atomic mass is 9.99. The predicted molar refractivity (Wildman–Crippen MR) is 80.7 cm³/mol. The van der Waals surface area contributed by atoms with E-state index in [0.717, 1.165) is 44.5 Å². The monoisotopic (exact) mass is 270 g/mol. The van der Waals surface area contributed by atoms with Gasteiger partial charge in [-0.05, 0) is 38.3 Å². The highest BCUT2D eigenvalue weighted by molar-refractivity contribution is 5.79. The summed E-state index contributed by atoms with van der Waals surface area (Å²) in [6, 6.07) is 0. The summed E-state index contributed by atoms with van der Waals surface area (Å²) in [5, 5.41) is 6.65. The molecule has 1 rings (SSSR count). The minimum absolute atomic E-state index is 0.788. The van der Waals surface area contributed by atoms with Gasteiger partial charge in [0.05, 0.1) is 0 Å². The van der Waals surface area contributed by atoms with Gasteiger partial charge in [0.25, 0.3) is 0 Å². The molecule has 112 valence electrons. The number of guanidine groups is 1. The van der Waals surface area contributed by atoms with E-state index in [-0.39, 0.29) is 0 Å². The lowest BCUT2D eigenvalue weighted by Crippen LogP contribution is -2.43. The van der Waals surface area contributed by atoms with Crippen molar-refractivity contribution in [3.05, 3.63) is 0 Å². The van der Waals surface area contributed by atoms with Gasteiger partial charge in [0.1, 0.15) is 0 Å². The van der Waals surface area contributed by atoms with Crippen molar-refractivity contribution in [3.8, 4) is 0 Å². The van der Waals surface area contributed by atoms with Crippen molar-refractivity contribution < 1.29 is 4.74 Å². The van der Waals surface area contributed by atoms with E-state index in [0.29, 0.717) is 0 Å². The second-order valence-electron chi connectivity index (χ2n) is 5.30.